The largest absolute Gasteiger partial charge is 0.463 e. The van der Waals surface area contributed by atoms with Gasteiger partial charge in [0.25, 0.3) is 8.32 Å². The molecule has 3 aliphatic heterocycles. The maximum absolute atomic E-state index is 11.6. The Labute approximate surface area is 252 Å². The van der Waals surface area contributed by atoms with E-state index >= 15 is 0 Å². The van der Waals surface area contributed by atoms with Crippen LogP contribution in [0.15, 0.2) is 60.7 Å². The third-order valence-corrected chi connectivity index (χ3v) is 14.5. The first kappa shape index (κ1) is 31.4. The van der Waals surface area contributed by atoms with E-state index in [1.165, 1.54) is 17.3 Å². The summed E-state index contributed by atoms with van der Waals surface area (Å²) in [6.45, 7) is 10.8. The zero-order valence-corrected chi connectivity index (χ0v) is 26.9. The van der Waals surface area contributed by atoms with Crippen molar-refractivity contribution in [1.29, 1.82) is 0 Å². The van der Waals surface area contributed by atoms with Gasteiger partial charge in [-0.25, -0.2) is 0 Å². The Morgan fingerprint density at radius 1 is 0.929 bits per heavy atom. The number of aliphatic hydroxyl groups is 1. The van der Waals surface area contributed by atoms with Crippen LogP contribution in [0.1, 0.15) is 86.0 Å². The summed E-state index contributed by atoms with van der Waals surface area (Å²) in [7, 11) is -2.65. The molecule has 3 fully saturated rings. The lowest BCUT2D eigenvalue weighted by atomic mass is 9.83. The van der Waals surface area contributed by atoms with Gasteiger partial charge in [-0.05, 0) is 54.4 Å². The molecule has 2 aromatic rings. The van der Waals surface area contributed by atoms with Crippen LogP contribution in [0.2, 0.25) is 5.04 Å². The fourth-order valence-corrected chi connectivity index (χ4v) is 11.8. The Morgan fingerprint density at radius 2 is 1.57 bits per heavy atom. The average molecular weight is 597 g/mol. The predicted octanol–water partition coefficient (Wildman–Crippen LogP) is 5.22. The molecule has 3 aliphatic rings. The molecule has 0 bridgehead atoms. The minimum atomic E-state index is -2.65. The summed E-state index contributed by atoms with van der Waals surface area (Å²) in [4.78, 5) is 11.4. The van der Waals surface area contributed by atoms with Gasteiger partial charge in [0.1, 0.15) is 12.2 Å². The van der Waals surface area contributed by atoms with E-state index < -0.39 is 25.5 Å². The van der Waals surface area contributed by atoms with Crippen LogP contribution in [0.4, 0.5) is 0 Å². The average Bonchev–Trinajstić information content (AvgIpc) is 3.30. The maximum atomic E-state index is 11.6. The fraction of sp³-hybridized carbons (Fsp3) is 0.618. The van der Waals surface area contributed by atoms with Crippen molar-refractivity contribution in [3.63, 3.8) is 0 Å². The van der Waals surface area contributed by atoms with Crippen LogP contribution in [-0.4, -0.2) is 62.0 Å². The molecule has 230 valence electrons. The molecule has 0 saturated carbocycles. The molecule has 2 aromatic carbocycles. The highest BCUT2D eigenvalue weighted by molar-refractivity contribution is 6.99. The van der Waals surface area contributed by atoms with Crippen molar-refractivity contribution >= 4 is 24.7 Å². The second-order valence-electron chi connectivity index (χ2n) is 13.6. The number of benzene rings is 2. The predicted molar refractivity (Wildman–Crippen MR) is 164 cm³/mol. The zero-order valence-electron chi connectivity index (χ0n) is 25.9. The Balaban J connectivity index is 1.31. The van der Waals surface area contributed by atoms with Crippen LogP contribution in [0.25, 0.3) is 0 Å². The third kappa shape index (κ3) is 6.12. The van der Waals surface area contributed by atoms with Gasteiger partial charge in [0.15, 0.2) is 5.79 Å². The molecule has 5 rings (SSSR count). The first-order valence-corrected chi connectivity index (χ1v) is 17.5. The lowest BCUT2D eigenvalue weighted by Gasteiger charge is -2.50. The van der Waals surface area contributed by atoms with E-state index in [4.69, 9.17) is 23.4 Å². The van der Waals surface area contributed by atoms with Crippen LogP contribution in [0.5, 0.6) is 0 Å². The number of carbonyl (C=O) groups excluding carboxylic acids is 1. The third-order valence-electron chi connectivity index (χ3n) is 9.43. The van der Waals surface area contributed by atoms with Crippen LogP contribution in [0.3, 0.4) is 0 Å². The SMILES string of the molecule is CC(=O)OC[C@@H]1CCC[C@]2(CC[C@]3(O[C@@H](CCO[Si](c4ccccc4)(c4ccccc4)C(C)(C)C)CC[C@]3(C)O)O2)O1. The fourth-order valence-electron chi connectivity index (χ4n) is 7.22. The molecular formula is C34H48O7Si. The van der Waals surface area contributed by atoms with E-state index in [1.54, 1.807) is 0 Å². The van der Waals surface area contributed by atoms with Crippen LogP contribution < -0.4 is 10.4 Å². The second-order valence-corrected chi connectivity index (χ2v) is 17.9. The molecule has 0 amide bonds. The van der Waals surface area contributed by atoms with E-state index in [1.807, 2.05) is 6.92 Å². The lowest BCUT2D eigenvalue weighted by molar-refractivity contribution is -0.402. The molecule has 3 saturated heterocycles. The van der Waals surface area contributed by atoms with Crippen LogP contribution >= 0.6 is 0 Å². The summed E-state index contributed by atoms with van der Waals surface area (Å²) in [5.74, 6) is -2.29. The summed E-state index contributed by atoms with van der Waals surface area (Å²) in [5.41, 5.74) is -1.14. The topological polar surface area (TPSA) is 83.5 Å². The van der Waals surface area contributed by atoms with Gasteiger partial charge in [-0.2, -0.15) is 0 Å². The van der Waals surface area contributed by atoms with Crippen molar-refractivity contribution in [3.8, 4) is 0 Å². The Kier molecular flexibility index (Phi) is 9.06. The molecule has 7 nitrogen and oxygen atoms in total. The van der Waals surface area contributed by atoms with Gasteiger partial charge in [-0.15, -0.1) is 0 Å². The molecule has 3 heterocycles. The van der Waals surface area contributed by atoms with Crippen molar-refractivity contribution in [3.05, 3.63) is 60.7 Å². The first-order chi connectivity index (χ1) is 19.9. The Bertz CT molecular complexity index is 1160. The van der Waals surface area contributed by atoms with Gasteiger partial charge in [0, 0.05) is 32.8 Å². The molecular weight excluding hydrogens is 548 g/mol. The van der Waals surface area contributed by atoms with Gasteiger partial charge in [0.05, 0.1) is 12.2 Å². The number of hydrogen-bond donors (Lipinski definition) is 1. The van der Waals surface area contributed by atoms with Gasteiger partial charge in [0.2, 0.25) is 5.79 Å². The Morgan fingerprint density at radius 3 is 2.17 bits per heavy atom. The second kappa shape index (κ2) is 12.1. The number of hydrogen-bond acceptors (Lipinski definition) is 7. The standard InChI is InChI=1S/C34H48O7Si/c1-26(35)37-25-28-13-12-20-33(39-28)22-23-34(41-33)32(5,36)21-18-27(40-34)19-24-38-42(31(2,3)4,29-14-8-6-9-15-29)30-16-10-7-11-17-30/h6-11,14-17,27-28,36H,12-13,18-25H2,1-5H3/t27-,28+,32+,33+,34+/m1/s1. The molecule has 5 atom stereocenters. The minimum Gasteiger partial charge on any atom is -0.463 e. The van der Waals surface area contributed by atoms with Crippen molar-refractivity contribution in [1.82, 2.24) is 0 Å². The summed E-state index contributed by atoms with van der Waals surface area (Å²) >= 11 is 0. The lowest BCUT2D eigenvalue weighted by Crippen LogP contribution is -2.66. The molecule has 1 N–H and O–H groups in total. The molecule has 0 unspecified atom stereocenters. The van der Waals surface area contributed by atoms with Crippen molar-refractivity contribution < 1.29 is 33.3 Å². The van der Waals surface area contributed by atoms with E-state index in [0.29, 0.717) is 32.3 Å². The van der Waals surface area contributed by atoms with E-state index in [9.17, 15) is 9.90 Å². The summed E-state index contributed by atoms with van der Waals surface area (Å²) in [6, 6.07) is 21.3. The molecule has 8 heteroatoms. The number of rotatable bonds is 8. The van der Waals surface area contributed by atoms with Gasteiger partial charge >= 0.3 is 5.97 Å². The normalized spacial score (nSPS) is 31.9. The highest BCUT2D eigenvalue weighted by atomic mass is 28.4. The van der Waals surface area contributed by atoms with Crippen LogP contribution in [0, 0.1) is 0 Å². The molecule has 42 heavy (non-hydrogen) atoms. The maximum Gasteiger partial charge on any atom is 0.302 e. The smallest absolute Gasteiger partial charge is 0.302 e. The number of esters is 1. The number of ether oxygens (including phenoxy) is 4. The highest BCUT2D eigenvalue weighted by Crippen LogP contribution is 2.53. The minimum absolute atomic E-state index is 0.101. The molecule has 2 spiro atoms. The van der Waals surface area contributed by atoms with E-state index in [2.05, 4.69) is 81.4 Å². The molecule has 0 aromatic heterocycles. The van der Waals surface area contributed by atoms with Gasteiger partial charge in [-0.1, -0.05) is 81.4 Å². The van der Waals surface area contributed by atoms with Crippen molar-refractivity contribution in [2.24, 2.45) is 0 Å². The van der Waals surface area contributed by atoms with Crippen molar-refractivity contribution in [2.75, 3.05) is 13.2 Å². The Hall–Kier alpha value is -2.07. The molecule has 0 aliphatic carbocycles. The van der Waals surface area contributed by atoms with Gasteiger partial charge < -0.3 is 28.5 Å². The number of carbonyl (C=O) groups is 1. The summed E-state index contributed by atoms with van der Waals surface area (Å²) < 4.78 is 32.1. The molecule has 0 radical (unpaired) electrons. The zero-order chi connectivity index (χ0) is 30.1. The van der Waals surface area contributed by atoms with E-state index in [0.717, 1.165) is 25.7 Å². The van der Waals surface area contributed by atoms with Gasteiger partial charge in [-0.3, -0.25) is 4.79 Å². The summed E-state index contributed by atoms with van der Waals surface area (Å²) in [6.07, 6.45) is 5.29. The van der Waals surface area contributed by atoms with E-state index in [-0.39, 0.29) is 29.8 Å². The van der Waals surface area contributed by atoms with Crippen LogP contribution in [-0.2, 0) is 28.2 Å². The quantitative estimate of drug-likeness (QED) is 0.331. The monoisotopic (exact) mass is 596 g/mol. The van der Waals surface area contributed by atoms with Crippen molar-refractivity contribution in [2.45, 2.75) is 120 Å². The highest BCUT2D eigenvalue weighted by Gasteiger charge is 2.63. The summed E-state index contributed by atoms with van der Waals surface area (Å²) in [5, 5.41) is 14.0. The first-order valence-electron chi connectivity index (χ1n) is 15.6.